The Hall–Kier alpha value is -1.52. The molecule has 0 aliphatic carbocycles. The predicted octanol–water partition coefficient (Wildman–Crippen LogP) is 3.15. The second-order valence-corrected chi connectivity index (χ2v) is 5.68. The Morgan fingerprint density at radius 1 is 1.16 bits per heavy atom. The molecule has 1 unspecified atom stereocenters. The van der Waals surface area contributed by atoms with E-state index in [1.54, 1.807) is 11.3 Å². The first kappa shape index (κ1) is 12.5. The Balaban J connectivity index is 1.79. The van der Waals surface area contributed by atoms with Crippen molar-refractivity contribution in [2.45, 2.75) is 18.9 Å². The zero-order chi connectivity index (χ0) is 13.1. The van der Waals surface area contributed by atoms with Gasteiger partial charge in [0.15, 0.2) is 11.5 Å². The minimum Gasteiger partial charge on any atom is -0.490 e. The van der Waals surface area contributed by atoms with Crippen molar-refractivity contribution in [3.63, 3.8) is 0 Å². The molecule has 3 nitrogen and oxygen atoms in total. The molecule has 1 atom stereocenters. The van der Waals surface area contributed by atoms with Gasteiger partial charge in [0, 0.05) is 23.8 Å². The summed E-state index contributed by atoms with van der Waals surface area (Å²) >= 11 is 1.74. The molecule has 0 fully saturated rings. The van der Waals surface area contributed by atoms with E-state index in [1.807, 2.05) is 18.2 Å². The van der Waals surface area contributed by atoms with Crippen molar-refractivity contribution >= 4 is 11.3 Å². The van der Waals surface area contributed by atoms with E-state index in [0.717, 1.165) is 29.9 Å². The molecule has 0 saturated carbocycles. The van der Waals surface area contributed by atoms with Crippen LogP contribution in [0.1, 0.15) is 22.9 Å². The Morgan fingerprint density at radius 2 is 2.00 bits per heavy atom. The molecule has 2 heterocycles. The Bertz CT molecular complexity index is 539. The molecule has 2 N–H and O–H groups in total. The van der Waals surface area contributed by atoms with Gasteiger partial charge < -0.3 is 15.2 Å². The molecular weight excluding hydrogens is 258 g/mol. The van der Waals surface area contributed by atoms with E-state index in [9.17, 15) is 0 Å². The third-order valence-electron chi connectivity index (χ3n) is 3.20. The summed E-state index contributed by atoms with van der Waals surface area (Å²) in [6, 6.07) is 10.2. The first-order valence-corrected chi connectivity index (χ1v) is 7.38. The second kappa shape index (κ2) is 5.63. The van der Waals surface area contributed by atoms with E-state index in [2.05, 4.69) is 17.5 Å². The molecule has 19 heavy (non-hydrogen) atoms. The highest BCUT2D eigenvalue weighted by molar-refractivity contribution is 7.09. The molecule has 0 spiro atoms. The fourth-order valence-electron chi connectivity index (χ4n) is 2.17. The normalized spacial score (nSPS) is 15.8. The van der Waals surface area contributed by atoms with Crippen LogP contribution in [0, 0.1) is 0 Å². The Kier molecular flexibility index (Phi) is 3.71. The lowest BCUT2D eigenvalue weighted by Crippen LogP contribution is -2.12. The molecule has 1 aliphatic rings. The Labute approximate surface area is 117 Å². The van der Waals surface area contributed by atoms with E-state index >= 15 is 0 Å². The zero-order valence-electron chi connectivity index (χ0n) is 10.7. The highest BCUT2D eigenvalue weighted by Crippen LogP contribution is 2.32. The van der Waals surface area contributed by atoms with Gasteiger partial charge in [0.1, 0.15) is 0 Å². The quantitative estimate of drug-likeness (QED) is 0.936. The first-order chi connectivity index (χ1) is 9.33. The standard InChI is InChI=1S/C15H17NO2S/c16-13(10-12-3-1-8-19-12)11-4-5-14-15(9-11)18-7-2-6-17-14/h1,3-5,8-9,13H,2,6-7,10,16H2. The molecule has 0 saturated heterocycles. The van der Waals surface area contributed by atoms with E-state index in [0.29, 0.717) is 13.2 Å². The molecule has 4 heteroatoms. The fraction of sp³-hybridized carbons (Fsp3) is 0.333. The van der Waals surface area contributed by atoms with Gasteiger partial charge in [-0.1, -0.05) is 12.1 Å². The predicted molar refractivity (Wildman–Crippen MR) is 77.0 cm³/mol. The largest absolute Gasteiger partial charge is 0.490 e. The lowest BCUT2D eigenvalue weighted by atomic mass is 10.0. The number of ether oxygens (including phenoxy) is 2. The molecule has 1 aliphatic heterocycles. The van der Waals surface area contributed by atoms with Gasteiger partial charge in [-0.3, -0.25) is 0 Å². The van der Waals surface area contributed by atoms with Crippen LogP contribution in [-0.2, 0) is 6.42 Å². The summed E-state index contributed by atoms with van der Waals surface area (Å²) in [5.74, 6) is 1.64. The van der Waals surface area contributed by atoms with Crippen molar-refractivity contribution in [1.29, 1.82) is 0 Å². The van der Waals surface area contributed by atoms with Crippen LogP contribution in [0.15, 0.2) is 35.7 Å². The van der Waals surface area contributed by atoms with Crippen molar-refractivity contribution in [3.05, 3.63) is 46.2 Å². The van der Waals surface area contributed by atoms with Crippen molar-refractivity contribution in [2.24, 2.45) is 5.73 Å². The number of benzene rings is 1. The maximum Gasteiger partial charge on any atom is 0.161 e. The summed E-state index contributed by atoms with van der Waals surface area (Å²) in [7, 11) is 0. The van der Waals surface area contributed by atoms with Crippen LogP contribution >= 0.6 is 11.3 Å². The second-order valence-electron chi connectivity index (χ2n) is 4.65. The summed E-state index contributed by atoms with van der Waals surface area (Å²) in [6.45, 7) is 1.42. The SMILES string of the molecule is NC(Cc1cccs1)c1ccc2c(c1)OCCCO2. The lowest BCUT2D eigenvalue weighted by Gasteiger charge is -2.14. The van der Waals surface area contributed by atoms with E-state index in [-0.39, 0.29) is 6.04 Å². The topological polar surface area (TPSA) is 44.5 Å². The van der Waals surface area contributed by atoms with Gasteiger partial charge in [-0.15, -0.1) is 11.3 Å². The third kappa shape index (κ3) is 2.91. The van der Waals surface area contributed by atoms with Crippen LogP contribution in [0.2, 0.25) is 0 Å². The summed E-state index contributed by atoms with van der Waals surface area (Å²) < 4.78 is 11.3. The molecule has 2 aromatic rings. The number of nitrogens with two attached hydrogens (primary N) is 1. The number of thiophene rings is 1. The van der Waals surface area contributed by atoms with E-state index in [1.165, 1.54) is 4.88 Å². The minimum absolute atomic E-state index is 0.00389. The molecule has 3 rings (SSSR count). The van der Waals surface area contributed by atoms with Gasteiger partial charge in [0.25, 0.3) is 0 Å². The minimum atomic E-state index is -0.00389. The zero-order valence-corrected chi connectivity index (χ0v) is 11.5. The Morgan fingerprint density at radius 3 is 2.79 bits per heavy atom. The summed E-state index contributed by atoms with van der Waals surface area (Å²) in [5, 5.41) is 2.08. The van der Waals surface area contributed by atoms with Crippen molar-refractivity contribution in [2.75, 3.05) is 13.2 Å². The lowest BCUT2D eigenvalue weighted by molar-refractivity contribution is 0.297. The molecule has 0 amide bonds. The molecule has 1 aromatic heterocycles. The van der Waals surface area contributed by atoms with Gasteiger partial charge in [0.2, 0.25) is 0 Å². The molecule has 0 radical (unpaired) electrons. The monoisotopic (exact) mass is 275 g/mol. The van der Waals surface area contributed by atoms with Gasteiger partial charge in [-0.2, -0.15) is 0 Å². The third-order valence-corrected chi connectivity index (χ3v) is 4.10. The number of fused-ring (bicyclic) bond motifs is 1. The average molecular weight is 275 g/mol. The molecular formula is C15H17NO2S. The van der Waals surface area contributed by atoms with E-state index in [4.69, 9.17) is 15.2 Å². The van der Waals surface area contributed by atoms with Crippen LogP contribution < -0.4 is 15.2 Å². The van der Waals surface area contributed by atoms with Crippen molar-refractivity contribution in [3.8, 4) is 11.5 Å². The van der Waals surface area contributed by atoms with Gasteiger partial charge >= 0.3 is 0 Å². The maximum atomic E-state index is 6.27. The first-order valence-electron chi connectivity index (χ1n) is 6.50. The highest BCUT2D eigenvalue weighted by Gasteiger charge is 2.14. The highest BCUT2D eigenvalue weighted by atomic mass is 32.1. The summed E-state index contributed by atoms with van der Waals surface area (Å²) in [4.78, 5) is 1.31. The van der Waals surface area contributed by atoms with Crippen molar-refractivity contribution in [1.82, 2.24) is 0 Å². The summed E-state index contributed by atoms with van der Waals surface area (Å²) in [5.41, 5.74) is 7.36. The smallest absolute Gasteiger partial charge is 0.161 e. The number of rotatable bonds is 3. The van der Waals surface area contributed by atoms with Gasteiger partial charge in [-0.25, -0.2) is 0 Å². The van der Waals surface area contributed by atoms with Gasteiger partial charge in [-0.05, 0) is 29.1 Å². The van der Waals surface area contributed by atoms with Crippen LogP contribution in [0.4, 0.5) is 0 Å². The van der Waals surface area contributed by atoms with Crippen LogP contribution in [0.3, 0.4) is 0 Å². The van der Waals surface area contributed by atoms with Crippen LogP contribution in [0.5, 0.6) is 11.5 Å². The van der Waals surface area contributed by atoms with Gasteiger partial charge in [0.05, 0.1) is 13.2 Å². The average Bonchev–Trinajstić information content (AvgIpc) is 2.81. The number of hydrogen-bond donors (Lipinski definition) is 1. The number of hydrogen-bond acceptors (Lipinski definition) is 4. The van der Waals surface area contributed by atoms with Crippen LogP contribution in [-0.4, -0.2) is 13.2 Å². The summed E-state index contributed by atoms with van der Waals surface area (Å²) in [6.07, 6.45) is 1.78. The maximum absolute atomic E-state index is 6.27. The fourth-order valence-corrected chi connectivity index (χ4v) is 2.94. The van der Waals surface area contributed by atoms with Crippen molar-refractivity contribution < 1.29 is 9.47 Å². The van der Waals surface area contributed by atoms with Crippen LogP contribution in [0.25, 0.3) is 0 Å². The van der Waals surface area contributed by atoms with E-state index < -0.39 is 0 Å². The molecule has 0 bridgehead atoms. The molecule has 1 aromatic carbocycles. The molecule has 100 valence electrons.